The third-order valence-electron chi connectivity index (χ3n) is 5.29. The predicted molar refractivity (Wildman–Crippen MR) is 119 cm³/mol. The van der Waals surface area contributed by atoms with E-state index in [0.717, 1.165) is 16.3 Å². The highest BCUT2D eigenvalue weighted by molar-refractivity contribution is 7.99. The summed E-state index contributed by atoms with van der Waals surface area (Å²) >= 11 is 0.987. The number of hydrogen-bond acceptors (Lipinski definition) is 7. The molecule has 0 saturated carbocycles. The van der Waals surface area contributed by atoms with Crippen molar-refractivity contribution < 1.29 is 22.4 Å². The maximum atomic E-state index is 13.2. The molecule has 1 saturated heterocycles. The van der Waals surface area contributed by atoms with Gasteiger partial charge >= 0.3 is 6.18 Å². The number of benzene rings is 1. The molecule has 0 N–H and O–H groups in total. The van der Waals surface area contributed by atoms with Crippen LogP contribution in [0.15, 0.2) is 46.1 Å². The van der Waals surface area contributed by atoms with Crippen LogP contribution < -0.4 is 4.90 Å². The number of halogens is 3. The first-order valence-corrected chi connectivity index (χ1v) is 11.4. The number of amides is 1. The van der Waals surface area contributed by atoms with Gasteiger partial charge in [0.2, 0.25) is 17.5 Å². The van der Waals surface area contributed by atoms with E-state index in [2.05, 4.69) is 9.97 Å². The van der Waals surface area contributed by atoms with E-state index in [-0.39, 0.29) is 22.5 Å². The van der Waals surface area contributed by atoms with Gasteiger partial charge in [0.05, 0.1) is 17.6 Å². The summed E-state index contributed by atoms with van der Waals surface area (Å²) in [6, 6.07) is 10.7. The van der Waals surface area contributed by atoms with E-state index in [1.165, 1.54) is 6.20 Å². The number of thioether (sulfide) groups is 1. The fourth-order valence-electron chi connectivity index (χ4n) is 3.73. The van der Waals surface area contributed by atoms with E-state index in [1.807, 2.05) is 11.0 Å². The number of carbonyl (C=O) groups excluding carboxylic acids is 1. The summed E-state index contributed by atoms with van der Waals surface area (Å²) < 4.78 is 46.4. The zero-order chi connectivity index (χ0) is 24.3. The molecule has 4 rings (SSSR count). The van der Waals surface area contributed by atoms with Gasteiger partial charge in [-0.15, -0.1) is 0 Å². The maximum absolute atomic E-state index is 13.2. The molecule has 3 heterocycles. The molecule has 1 aromatic carbocycles. The van der Waals surface area contributed by atoms with Crippen molar-refractivity contribution in [2.75, 3.05) is 36.8 Å². The van der Waals surface area contributed by atoms with Gasteiger partial charge in [-0.2, -0.15) is 18.4 Å². The maximum Gasteiger partial charge on any atom is 0.406 e. The summed E-state index contributed by atoms with van der Waals surface area (Å²) in [5, 5.41) is 9.34. The van der Waals surface area contributed by atoms with Crippen LogP contribution in [0.3, 0.4) is 0 Å². The van der Waals surface area contributed by atoms with Crippen molar-refractivity contribution in [3.05, 3.63) is 48.1 Å². The number of piperazine rings is 1. The summed E-state index contributed by atoms with van der Waals surface area (Å²) in [6.45, 7) is 2.19. The van der Waals surface area contributed by atoms with Crippen LogP contribution in [-0.4, -0.2) is 63.5 Å². The van der Waals surface area contributed by atoms with E-state index in [4.69, 9.17) is 4.42 Å². The highest BCUT2D eigenvalue weighted by Crippen LogP contribution is 2.30. The van der Waals surface area contributed by atoms with Crippen molar-refractivity contribution in [1.29, 1.82) is 5.26 Å². The van der Waals surface area contributed by atoms with E-state index in [0.29, 0.717) is 49.2 Å². The summed E-state index contributed by atoms with van der Waals surface area (Å²) in [7, 11) is 0. The van der Waals surface area contributed by atoms with Crippen molar-refractivity contribution in [2.24, 2.45) is 0 Å². The standard InChI is InChI=1S/C22H21F3N6O2S/c1-15-28-17(11-26)20(33-15)30-9-7-29(8-10-30)19(32)13-34-21-27-12-18(16-5-3-2-4-6-16)31(21)14-22(23,24)25/h2-6,12H,7-10,13-14H2,1H3. The number of nitrogens with zero attached hydrogens (tertiary/aromatic N) is 6. The smallest absolute Gasteiger partial charge is 0.406 e. The number of nitriles is 1. The second-order valence-corrected chi connectivity index (χ2v) is 8.59. The van der Waals surface area contributed by atoms with Crippen molar-refractivity contribution >= 4 is 23.6 Å². The molecule has 2 aromatic heterocycles. The number of carbonyl (C=O) groups is 1. The Labute approximate surface area is 198 Å². The Kier molecular flexibility index (Phi) is 6.83. The van der Waals surface area contributed by atoms with E-state index in [9.17, 15) is 23.2 Å². The molecule has 0 radical (unpaired) electrons. The van der Waals surface area contributed by atoms with Crippen LogP contribution in [0.5, 0.6) is 0 Å². The molecule has 8 nitrogen and oxygen atoms in total. The summed E-state index contributed by atoms with van der Waals surface area (Å²) in [6.07, 6.45) is -3.03. The van der Waals surface area contributed by atoms with Crippen molar-refractivity contribution in [1.82, 2.24) is 19.4 Å². The second-order valence-electron chi connectivity index (χ2n) is 7.65. The molecule has 1 amide bonds. The Balaban J connectivity index is 1.40. The highest BCUT2D eigenvalue weighted by atomic mass is 32.2. The molecule has 0 bridgehead atoms. The van der Waals surface area contributed by atoms with Gasteiger partial charge in [0.25, 0.3) is 0 Å². The van der Waals surface area contributed by atoms with Crippen LogP contribution in [0, 0.1) is 18.3 Å². The third kappa shape index (κ3) is 5.36. The Morgan fingerprint density at radius 2 is 1.91 bits per heavy atom. The number of hydrogen-bond donors (Lipinski definition) is 0. The van der Waals surface area contributed by atoms with Crippen molar-refractivity contribution in [3.8, 4) is 17.3 Å². The van der Waals surface area contributed by atoms with Crippen molar-refractivity contribution in [2.45, 2.75) is 24.8 Å². The number of rotatable bonds is 6. The lowest BCUT2D eigenvalue weighted by Crippen LogP contribution is -2.49. The SMILES string of the molecule is Cc1nc(C#N)c(N2CCN(C(=O)CSc3ncc(-c4ccccc4)n3CC(F)(F)F)CC2)o1. The molecule has 3 aromatic rings. The third-order valence-corrected chi connectivity index (χ3v) is 6.27. The molecule has 1 aliphatic heterocycles. The molecule has 12 heteroatoms. The highest BCUT2D eigenvalue weighted by Gasteiger charge is 2.31. The Morgan fingerprint density at radius 3 is 2.56 bits per heavy atom. The molecule has 1 aliphatic rings. The molecule has 0 atom stereocenters. The monoisotopic (exact) mass is 490 g/mol. The lowest BCUT2D eigenvalue weighted by Gasteiger charge is -2.34. The van der Waals surface area contributed by atoms with Crippen molar-refractivity contribution in [3.63, 3.8) is 0 Å². The van der Waals surface area contributed by atoms with Gasteiger partial charge in [-0.05, 0) is 5.56 Å². The molecule has 178 valence electrons. The lowest BCUT2D eigenvalue weighted by atomic mass is 10.2. The molecular formula is C22H21F3N6O2S. The summed E-state index contributed by atoms with van der Waals surface area (Å²) in [5.41, 5.74) is 1.17. The van der Waals surface area contributed by atoms with Crippen LogP contribution in [0.1, 0.15) is 11.6 Å². The minimum absolute atomic E-state index is 0.0338. The minimum atomic E-state index is -4.43. The van der Waals surface area contributed by atoms with Gasteiger partial charge < -0.3 is 18.8 Å². The van der Waals surface area contributed by atoms with Crippen LogP contribution in [0.4, 0.5) is 19.1 Å². The van der Waals surface area contributed by atoms with Gasteiger partial charge in [-0.1, -0.05) is 42.1 Å². The predicted octanol–water partition coefficient (Wildman–Crippen LogP) is 3.72. The normalized spacial score (nSPS) is 14.3. The molecule has 0 unspecified atom stereocenters. The molecule has 0 aliphatic carbocycles. The largest absolute Gasteiger partial charge is 0.424 e. The van der Waals surface area contributed by atoms with E-state index < -0.39 is 12.7 Å². The molecular weight excluding hydrogens is 469 g/mol. The zero-order valence-corrected chi connectivity index (χ0v) is 19.1. The Morgan fingerprint density at radius 1 is 1.21 bits per heavy atom. The number of aryl methyl sites for hydroxylation is 1. The first-order valence-electron chi connectivity index (χ1n) is 10.5. The average molecular weight is 491 g/mol. The van der Waals surface area contributed by atoms with Gasteiger partial charge in [0.1, 0.15) is 12.6 Å². The molecule has 34 heavy (non-hydrogen) atoms. The number of oxazole rings is 1. The Hall–Kier alpha value is -3.46. The number of anilines is 1. The topological polar surface area (TPSA) is 91.2 Å². The van der Waals surface area contributed by atoms with Gasteiger partial charge in [-0.25, -0.2) is 9.97 Å². The quantitative estimate of drug-likeness (QED) is 0.487. The number of imidazole rings is 1. The van der Waals surface area contributed by atoms with E-state index >= 15 is 0 Å². The van der Waals surface area contributed by atoms with Crippen LogP contribution in [0.25, 0.3) is 11.3 Å². The number of alkyl halides is 3. The summed E-state index contributed by atoms with van der Waals surface area (Å²) in [4.78, 5) is 24.5. The minimum Gasteiger partial charge on any atom is -0.424 e. The first kappa shape index (κ1) is 23.7. The second kappa shape index (κ2) is 9.80. The summed E-state index contributed by atoms with van der Waals surface area (Å²) in [5.74, 6) is 0.560. The first-order chi connectivity index (χ1) is 16.2. The average Bonchev–Trinajstić information content (AvgIpc) is 3.39. The molecule has 0 spiro atoms. The molecule has 1 fully saturated rings. The van der Waals surface area contributed by atoms with Gasteiger partial charge in [0.15, 0.2) is 11.0 Å². The fourth-order valence-corrected chi connectivity index (χ4v) is 4.61. The van der Waals surface area contributed by atoms with Gasteiger partial charge in [0, 0.05) is 33.1 Å². The zero-order valence-electron chi connectivity index (χ0n) is 18.2. The van der Waals surface area contributed by atoms with Crippen LogP contribution in [-0.2, 0) is 11.3 Å². The Bertz CT molecular complexity index is 1190. The van der Waals surface area contributed by atoms with Gasteiger partial charge in [-0.3, -0.25) is 4.79 Å². The van der Waals surface area contributed by atoms with E-state index in [1.54, 1.807) is 42.2 Å². The number of aromatic nitrogens is 3. The lowest BCUT2D eigenvalue weighted by molar-refractivity contribution is -0.141. The fraction of sp³-hybridized carbons (Fsp3) is 0.364. The van der Waals surface area contributed by atoms with Crippen LogP contribution >= 0.6 is 11.8 Å². The van der Waals surface area contributed by atoms with Crippen LogP contribution in [0.2, 0.25) is 0 Å².